The second-order valence-electron chi connectivity index (χ2n) is 9.76. The molecular formula is C26H30ClN9O2. The summed E-state index contributed by atoms with van der Waals surface area (Å²) in [6.45, 7) is 1.76. The number of pyridine rings is 1. The zero-order valence-electron chi connectivity index (χ0n) is 21.0. The molecule has 5 rings (SSSR count). The fourth-order valence-corrected chi connectivity index (χ4v) is 4.65. The van der Waals surface area contributed by atoms with Gasteiger partial charge in [0, 0.05) is 36.1 Å². The number of halogens is 1. The van der Waals surface area contributed by atoms with E-state index in [0.29, 0.717) is 28.9 Å². The van der Waals surface area contributed by atoms with Gasteiger partial charge in [0.05, 0.1) is 17.9 Å². The van der Waals surface area contributed by atoms with Gasteiger partial charge in [0.15, 0.2) is 11.3 Å². The number of aromatic nitrogens is 4. The van der Waals surface area contributed by atoms with Crippen LogP contribution < -0.4 is 26.6 Å². The third-order valence-electron chi connectivity index (χ3n) is 6.63. The van der Waals surface area contributed by atoms with Crippen LogP contribution in [0.2, 0.25) is 5.15 Å². The van der Waals surface area contributed by atoms with Crippen molar-refractivity contribution >= 4 is 46.4 Å². The van der Waals surface area contributed by atoms with Crippen LogP contribution in [0.5, 0.6) is 0 Å². The molecule has 11 nitrogen and oxygen atoms in total. The standard InChI is InChI=1S/C26H30ClN9O2/c1-3-15(2)30-26(38)34-18-8-6-17(7-9-18)32-23-13-20(31-16-4-5-16)24-29-14-21(36(24)35-23)25(37)33-19-10-11-28-22(27)12-19/h1,10-18,31H,4-9H2,2H3,(H,32,35)(H,28,33,37)(H2,30,34,38)/t15?,17-,18-. The van der Waals surface area contributed by atoms with E-state index in [0.717, 1.165) is 44.2 Å². The number of hydrogen-bond acceptors (Lipinski definition) is 7. The van der Waals surface area contributed by atoms with Crippen molar-refractivity contribution < 1.29 is 9.59 Å². The lowest BCUT2D eigenvalue weighted by Crippen LogP contribution is -2.47. The number of nitrogens with zero attached hydrogens (tertiary/aromatic N) is 4. The number of carbonyl (C=O) groups excluding carboxylic acids is 2. The molecule has 0 spiro atoms. The van der Waals surface area contributed by atoms with Crippen molar-refractivity contribution in [3.8, 4) is 12.3 Å². The minimum absolute atomic E-state index is 0.0891. The van der Waals surface area contributed by atoms with Crippen LogP contribution in [-0.2, 0) is 0 Å². The summed E-state index contributed by atoms with van der Waals surface area (Å²) in [6, 6.07) is 5.30. The fraction of sp³-hybridized carbons (Fsp3) is 0.423. The summed E-state index contributed by atoms with van der Waals surface area (Å²) in [6.07, 6.45) is 14.0. The van der Waals surface area contributed by atoms with Crippen LogP contribution in [-0.4, -0.2) is 55.7 Å². The number of amides is 3. The summed E-state index contributed by atoms with van der Waals surface area (Å²) in [7, 11) is 0. The summed E-state index contributed by atoms with van der Waals surface area (Å²) in [5, 5.41) is 20.6. The van der Waals surface area contributed by atoms with Crippen molar-refractivity contribution in [2.24, 2.45) is 0 Å². The van der Waals surface area contributed by atoms with Crippen LogP contribution >= 0.6 is 11.6 Å². The lowest BCUT2D eigenvalue weighted by Gasteiger charge is -2.30. The Labute approximate surface area is 225 Å². The molecule has 0 aliphatic heterocycles. The number of terminal acetylenes is 1. The van der Waals surface area contributed by atoms with Gasteiger partial charge in [-0.2, -0.15) is 0 Å². The van der Waals surface area contributed by atoms with Gasteiger partial charge in [0.25, 0.3) is 5.91 Å². The molecule has 198 valence electrons. The molecule has 0 bridgehead atoms. The molecule has 3 aromatic heterocycles. The van der Waals surface area contributed by atoms with Gasteiger partial charge in [0.2, 0.25) is 0 Å². The zero-order valence-corrected chi connectivity index (χ0v) is 21.8. The smallest absolute Gasteiger partial charge is 0.315 e. The molecule has 2 saturated carbocycles. The van der Waals surface area contributed by atoms with Gasteiger partial charge < -0.3 is 26.6 Å². The molecule has 0 saturated heterocycles. The molecule has 2 fully saturated rings. The van der Waals surface area contributed by atoms with Crippen molar-refractivity contribution in [2.75, 3.05) is 16.0 Å². The number of fused-ring (bicyclic) bond motifs is 1. The first-order valence-electron chi connectivity index (χ1n) is 12.8. The van der Waals surface area contributed by atoms with Crippen LogP contribution in [0.15, 0.2) is 30.6 Å². The highest BCUT2D eigenvalue weighted by Gasteiger charge is 2.26. The minimum Gasteiger partial charge on any atom is -0.379 e. The maximum atomic E-state index is 13.1. The predicted molar refractivity (Wildman–Crippen MR) is 146 cm³/mol. The maximum Gasteiger partial charge on any atom is 0.315 e. The molecule has 2 aliphatic carbocycles. The van der Waals surface area contributed by atoms with Crippen LogP contribution in [0, 0.1) is 12.3 Å². The number of rotatable bonds is 8. The van der Waals surface area contributed by atoms with E-state index in [-0.39, 0.29) is 35.2 Å². The summed E-state index contributed by atoms with van der Waals surface area (Å²) < 4.78 is 1.56. The normalized spacial score (nSPS) is 19.7. The Morgan fingerprint density at radius 2 is 1.79 bits per heavy atom. The Morgan fingerprint density at radius 1 is 1.08 bits per heavy atom. The molecular weight excluding hydrogens is 506 g/mol. The Kier molecular flexibility index (Phi) is 7.51. The number of anilines is 3. The number of hydrogen-bond donors (Lipinski definition) is 5. The second-order valence-corrected chi connectivity index (χ2v) is 10.1. The molecule has 3 heterocycles. The van der Waals surface area contributed by atoms with Crippen molar-refractivity contribution in [1.82, 2.24) is 30.2 Å². The van der Waals surface area contributed by atoms with Gasteiger partial charge in [0.1, 0.15) is 11.0 Å². The first-order valence-corrected chi connectivity index (χ1v) is 13.1. The Morgan fingerprint density at radius 3 is 2.50 bits per heavy atom. The molecule has 38 heavy (non-hydrogen) atoms. The minimum atomic E-state index is -0.356. The third-order valence-corrected chi connectivity index (χ3v) is 6.84. The van der Waals surface area contributed by atoms with E-state index >= 15 is 0 Å². The van der Waals surface area contributed by atoms with E-state index in [1.807, 2.05) is 6.07 Å². The van der Waals surface area contributed by atoms with E-state index in [1.165, 1.54) is 12.4 Å². The van der Waals surface area contributed by atoms with Gasteiger partial charge in [-0.15, -0.1) is 11.5 Å². The van der Waals surface area contributed by atoms with Gasteiger partial charge >= 0.3 is 6.03 Å². The monoisotopic (exact) mass is 535 g/mol. The lowest BCUT2D eigenvalue weighted by molar-refractivity contribution is 0.102. The quantitative estimate of drug-likeness (QED) is 0.219. The summed E-state index contributed by atoms with van der Waals surface area (Å²) >= 11 is 5.96. The number of imidazole rings is 1. The van der Waals surface area contributed by atoms with Crippen LogP contribution in [0.1, 0.15) is 55.9 Å². The van der Waals surface area contributed by atoms with Gasteiger partial charge in [-0.3, -0.25) is 4.79 Å². The molecule has 3 aromatic rings. The van der Waals surface area contributed by atoms with E-state index in [9.17, 15) is 9.59 Å². The highest BCUT2D eigenvalue weighted by atomic mass is 35.5. The number of urea groups is 1. The van der Waals surface area contributed by atoms with E-state index in [4.69, 9.17) is 23.1 Å². The largest absolute Gasteiger partial charge is 0.379 e. The molecule has 1 atom stereocenters. The second kappa shape index (κ2) is 11.1. The Hall–Kier alpha value is -4.04. The summed E-state index contributed by atoms with van der Waals surface area (Å²) in [5.74, 6) is 2.78. The van der Waals surface area contributed by atoms with Crippen molar-refractivity contribution in [3.63, 3.8) is 0 Å². The topological polar surface area (TPSA) is 137 Å². The molecule has 3 amide bonds. The molecule has 0 radical (unpaired) electrons. The molecule has 1 unspecified atom stereocenters. The van der Waals surface area contributed by atoms with Crippen LogP contribution in [0.4, 0.5) is 22.0 Å². The van der Waals surface area contributed by atoms with Crippen molar-refractivity contribution in [3.05, 3.63) is 41.4 Å². The number of carbonyl (C=O) groups is 2. The average Bonchev–Trinajstić information content (AvgIpc) is 3.60. The van der Waals surface area contributed by atoms with Crippen LogP contribution in [0.3, 0.4) is 0 Å². The molecule has 12 heteroatoms. The van der Waals surface area contributed by atoms with Crippen LogP contribution in [0.25, 0.3) is 5.65 Å². The molecule has 0 aromatic carbocycles. The number of nitrogens with one attached hydrogen (secondary N) is 5. The fourth-order valence-electron chi connectivity index (χ4n) is 4.48. The van der Waals surface area contributed by atoms with Crippen molar-refractivity contribution in [1.29, 1.82) is 0 Å². The van der Waals surface area contributed by atoms with Gasteiger partial charge in [-0.25, -0.2) is 19.3 Å². The van der Waals surface area contributed by atoms with E-state index in [2.05, 4.69) is 42.5 Å². The highest BCUT2D eigenvalue weighted by molar-refractivity contribution is 6.29. The third kappa shape index (κ3) is 6.26. The Bertz CT molecular complexity index is 1370. The van der Waals surface area contributed by atoms with Gasteiger partial charge in [-0.05, 0) is 57.6 Å². The maximum absolute atomic E-state index is 13.1. The Balaban J connectivity index is 1.29. The predicted octanol–water partition coefficient (Wildman–Crippen LogP) is 3.65. The van der Waals surface area contributed by atoms with E-state index < -0.39 is 0 Å². The zero-order chi connectivity index (χ0) is 26.6. The first kappa shape index (κ1) is 25.6. The first-order chi connectivity index (χ1) is 18.4. The SMILES string of the molecule is C#CC(C)NC(=O)N[C@H]1CC[C@H](Nc2cc(NC3CC3)c3ncc(C(=O)Nc4ccnc(Cl)c4)n3n2)CC1. The molecule has 5 N–H and O–H groups in total. The molecule has 2 aliphatic rings. The summed E-state index contributed by atoms with van der Waals surface area (Å²) in [4.78, 5) is 33.6. The lowest BCUT2D eigenvalue weighted by atomic mass is 9.91. The van der Waals surface area contributed by atoms with Gasteiger partial charge in [-0.1, -0.05) is 17.5 Å². The summed E-state index contributed by atoms with van der Waals surface area (Å²) in [5.41, 5.74) is 2.24. The highest BCUT2D eigenvalue weighted by Crippen LogP contribution is 2.30. The van der Waals surface area contributed by atoms with E-state index in [1.54, 1.807) is 23.6 Å². The van der Waals surface area contributed by atoms with Crippen molar-refractivity contribution in [2.45, 2.75) is 69.6 Å². The average molecular weight is 536 g/mol.